The van der Waals surface area contributed by atoms with Gasteiger partial charge < -0.3 is 14.6 Å². The van der Waals surface area contributed by atoms with E-state index in [9.17, 15) is 13.5 Å². The maximum absolute atomic E-state index is 11.0. The number of aliphatic hydroxyl groups is 1. The average Bonchev–Trinajstić information content (AvgIpc) is 2.33. The van der Waals surface area contributed by atoms with Crippen molar-refractivity contribution in [2.45, 2.75) is 19.4 Å². The van der Waals surface area contributed by atoms with E-state index >= 15 is 0 Å². The summed E-state index contributed by atoms with van der Waals surface area (Å²) in [5.41, 5.74) is 0.736. The number of benzene rings is 1. The molecular formula is C13H20O5S. The van der Waals surface area contributed by atoms with Gasteiger partial charge in [-0.25, -0.2) is 8.42 Å². The molecule has 0 saturated carbocycles. The molecule has 1 atom stereocenters. The number of ether oxygens (including phenoxy) is 2. The second-order valence-corrected chi connectivity index (χ2v) is 6.68. The Morgan fingerprint density at radius 2 is 2.00 bits per heavy atom. The molecule has 0 unspecified atom stereocenters. The molecule has 1 N–H and O–H groups in total. The van der Waals surface area contributed by atoms with Crippen LogP contribution in [0.2, 0.25) is 0 Å². The highest BCUT2D eigenvalue weighted by molar-refractivity contribution is 7.90. The molecule has 0 spiro atoms. The third kappa shape index (κ3) is 5.48. The van der Waals surface area contributed by atoms with Crippen LogP contribution in [0.15, 0.2) is 18.2 Å². The van der Waals surface area contributed by atoms with Crippen molar-refractivity contribution in [2.24, 2.45) is 0 Å². The Hall–Kier alpha value is -1.27. The van der Waals surface area contributed by atoms with Crippen molar-refractivity contribution in [2.75, 3.05) is 25.7 Å². The molecule has 1 aromatic rings. The fraction of sp³-hybridized carbons (Fsp3) is 0.538. The summed E-state index contributed by atoms with van der Waals surface area (Å²) in [6, 6.07) is 5.16. The van der Waals surface area contributed by atoms with E-state index in [0.29, 0.717) is 24.5 Å². The van der Waals surface area contributed by atoms with Gasteiger partial charge in [-0.15, -0.1) is 0 Å². The van der Waals surface area contributed by atoms with E-state index in [0.717, 1.165) is 5.56 Å². The first-order valence-corrected chi connectivity index (χ1v) is 8.06. The summed E-state index contributed by atoms with van der Waals surface area (Å²) in [6.45, 7) is 1.97. The molecule has 0 aliphatic carbocycles. The summed E-state index contributed by atoms with van der Waals surface area (Å²) in [4.78, 5) is 0. The minimum Gasteiger partial charge on any atom is -0.493 e. The fourth-order valence-corrected chi connectivity index (χ4v) is 2.21. The zero-order chi connectivity index (χ0) is 14.5. The van der Waals surface area contributed by atoms with Gasteiger partial charge in [-0.3, -0.25) is 0 Å². The van der Waals surface area contributed by atoms with Crippen LogP contribution in [0.25, 0.3) is 0 Å². The van der Waals surface area contributed by atoms with Crippen LogP contribution in [-0.2, 0) is 9.84 Å². The van der Waals surface area contributed by atoms with Crippen LogP contribution in [0, 0.1) is 0 Å². The van der Waals surface area contributed by atoms with Gasteiger partial charge in [-0.1, -0.05) is 6.07 Å². The number of aliphatic hydroxyl groups excluding tert-OH is 1. The number of hydrogen-bond acceptors (Lipinski definition) is 5. The van der Waals surface area contributed by atoms with Gasteiger partial charge in [0.05, 0.1) is 25.6 Å². The molecule has 0 aliphatic heterocycles. The molecular weight excluding hydrogens is 268 g/mol. The predicted octanol–water partition coefficient (Wildman–Crippen LogP) is 1.56. The molecule has 0 radical (unpaired) electrons. The Kier molecular flexibility index (Phi) is 5.62. The Bertz CT molecular complexity index is 508. The van der Waals surface area contributed by atoms with Crippen LogP contribution < -0.4 is 9.47 Å². The largest absolute Gasteiger partial charge is 0.493 e. The van der Waals surface area contributed by atoms with Crippen LogP contribution in [0.1, 0.15) is 25.0 Å². The van der Waals surface area contributed by atoms with E-state index in [1.165, 1.54) is 13.4 Å². The maximum atomic E-state index is 11.0. The highest BCUT2D eigenvalue weighted by atomic mass is 32.2. The van der Waals surface area contributed by atoms with Crippen molar-refractivity contribution in [1.29, 1.82) is 0 Å². The first kappa shape index (κ1) is 15.8. The predicted molar refractivity (Wildman–Crippen MR) is 73.5 cm³/mol. The van der Waals surface area contributed by atoms with Crippen LogP contribution >= 0.6 is 0 Å². The van der Waals surface area contributed by atoms with Gasteiger partial charge in [-0.05, 0) is 31.0 Å². The van der Waals surface area contributed by atoms with Gasteiger partial charge >= 0.3 is 0 Å². The molecule has 0 aliphatic rings. The Morgan fingerprint density at radius 1 is 1.32 bits per heavy atom. The van der Waals surface area contributed by atoms with E-state index < -0.39 is 15.9 Å². The molecule has 1 rings (SSSR count). The molecule has 0 bridgehead atoms. The molecule has 0 heterocycles. The third-order valence-corrected chi connectivity index (χ3v) is 3.62. The van der Waals surface area contributed by atoms with Crippen molar-refractivity contribution in [3.05, 3.63) is 23.8 Å². The quantitative estimate of drug-likeness (QED) is 0.771. The number of sulfone groups is 1. The second kappa shape index (κ2) is 6.77. The van der Waals surface area contributed by atoms with E-state index in [1.54, 1.807) is 25.1 Å². The zero-order valence-electron chi connectivity index (χ0n) is 11.4. The van der Waals surface area contributed by atoms with Crippen molar-refractivity contribution in [3.63, 3.8) is 0 Å². The van der Waals surface area contributed by atoms with Crippen molar-refractivity contribution >= 4 is 9.84 Å². The van der Waals surface area contributed by atoms with Crippen LogP contribution in [0.4, 0.5) is 0 Å². The van der Waals surface area contributed by atoms with Crippen LogP contribution in [-0.4, -0.2) is 39.2 Å². The molecule has 0 fully saturated rings. The number of hydrogen-bond donors (Lipinski definition) is 1. The van der Waals surface area contributed by atoms with Crippen LogP contribution in [0.5, 0.6) is 11.5 Å². The Labute approximate surface area is 114 Å². The van der Waals surface area contributed by atoms with Crippen molar-refractivity contribution < 1.29 is 23.0 Å². The molecule has 19 heavy (non-hydrogen) atoms. The zero-order valence-corrected chi connectivity index (χ0v) is 12.2. The molecule has 0 saturated heterocycles. The van der Waals surface area contributed by atoms with Crippen molar-refractivity contribution in [1.82, 2.24) is 0 Å². The summed E-state index contributed by atoms with van der Waals surface area (Å²) in [7, 11) is -1.44. The molecule has 6 heteroatoms. The molecule has 0 amide bonds. The lowest BCUT2D eigenvalue weighted by Crippen LogP contribution is -2.08. The molecule has 0 aromatic heterocycles. The van der Waals surface area contributed by atoms with Gasteiger partial charge in [0.2, 0.25) is 0 Å². The van der Waals surface area contributed by atoms with E-state index in [1.807, 2.05) is 0 Å². The summed E-state index contributed by atoms with van der Waals surface area (Å²) >= 11 is 0. The lowest BCUT2D eigenvalue weighted by atomic mass is 10.1. The monoisotopic (exact) mass is 288 g/mol. The number of methoxy groups -OCH3 is 1. The standard InChI is InChI=1S/C13H20O5S/c1-10(14)11-5-6-12(13(9-11)17-2)18-7-4-8-19(3,15)16/h5-6,9-10,14H,4,7-8H2,1-3H3/t10-/m1/s1. The van der Waals surface area contributed by atoms with Gasteiger partial charge in [0.25, 0.3) is 0 Å². The maximum Gasteiger partial charge on any atom is 0.161 e. The Morgan fingerprint density at radius 3 is 2.53 bits per heavy atom. The first-order valence-electron chi connectivity index (χ1n) is 6.00. The summed E-state index contributed by atoms with van der Waals surface area (Å²) < 4.78 is 32.6. The average molecular weight is 288 g/mol. The second-order valence-electron chi connectivity index (χ2n) is 4.42. The molecule has 1 aromatic carbocycles. The molecule has 5 nitrogen and oxygen atoms in total. The molecule has 108 valence electrons. The summed E-state index contributed by atoms with van der Waals surface area (Å²) in [5.74, 6) is 1.17. The first-order chi connectivity index (χ1) is 8.83. The van der Waals surface area contributed by atoms with Gasteiger partial charge in [-0.2, -0.15) is 0 Å². The van der Waals surface area contributed by atoms with Gasteiger partial charge in [0, 0.05) is 6.26 Å². The van der Waals surface area contributed by atoms with Gasteiger partial charge in [0.15, 0.2) is 11.5 Å². The highest BCUT2D eigenvalue weighted by Gasteiger charge is 2.09. The smallest absolute Gasteiger partial charge is 0.161 e. The lowest BCUT2D eigenvalue weighted by molar-refractivity contribution is 0.198. The normalized spacial score (nSPS) is 13.1. The highest BCUT2D eigenvalue weighted by Crippen LogP contribution is 2.30. The van der Waals surface area contributed by atoms with Gasteiger partial charge in [0.1, 0.15) is 9.84 Å². The van der Waals surface area contributed by atoms with Crippen molar-refractivity contribution in [3.8, 4) is 11.5 Å². The van der Waals surface area contributed by atoms with E-state index in [2.05, 4.69) is 0 Å². The summed E-state index contributed by atoms with van der Waals surface area (Å²) in [6.07, 6.45) is 1.05. The van der Waals surface area contributed by atoms with Crippen LogP contribution in [0.3, 0.4) is 0 Å². The number of rotatable bonds is 7. The topological polar surface area (TPSA) is 72.8 Å². The minimum absolute atomic E-state index is 0.0983. The van der Waals surface area contributed by atoms with E-state index in [-0.39, 0.29) is 5.75 Å². The fourth-order valence-electron chi connectivity index (χ4n) is 1.57. The Balaban J connectivity index is 2.63. The minimum atomic E-state index is -2.96. The SMILES string of the molecule is COc1cc([C@@H](C)O)ccc1OCCCS(C)(=O)=O. The third-order valence-electron chi connectivity index (χ3n) is 2.59. The van der Waals surface area contributed by atoms with E-state index in [4.69, 9.17) is 9.47 Å². The summed E-state index contributed by atoms with van der Waals surface area (Å²) in [5, 5.41) is 9.48. The lowest BCUT2D eigenvalue weighted by Gasteiger charge is -2.13.